The van der Waals surface area contributed by atoms with Crippen LogP contribution in [0.3, 0.4) is 0 Å². The molecule has 1 N–H and O–H groups in total. The van der Waals surface area contributed by atoms with Gasteiger partial charge in [0.05, 0.1) is 11.4 Å². The average molecular weight is 506 g/mol. The Hall–Kier alpha value is -2.36. The number of benzene rings is 2. The summed E-state index contributed by atoms with van der Waals surface area (Å²) < 4.78 is 56.1. The van der Waals surface area contributed by atoms with E-state index in [9.17, 15) is 22.0 Å². The van der Waals surface area contributed by atoms with E-state index in [1.807, 2.05) is 13.8 Å². The maximum atomic E-state index is 13.8. The second-order valence-electron chi connectivity index (χ2n) is 10.5. The summed E-state index contributed by atoms with van der Waals surface area (Å²) in [6.07, 6.45) is 3.15. The van der Waals surface area contributed by atoms with Crippen LogP contribution in [0.1, 0.15) is 45.1 Å². The number of likely N-dealkylation sites (tertiary alicyclic amines) is 1. The lowest BCUT2D eigenvalue weighted by Gasteiger charge is -2.53. The first-order valence-electron chi connectivity index (χ1n) is 12.0. The van der Waals surface area contributed by atoms with Crippen LogP contribution in [0.25, 0.3) is 0 Å². The molecule has 6 nitrogen and oxygen atoms in total. The number of amides is 1. The fourth-order valence-electron chi connectivity index (χ4n) is 5.19. The van der Waals surface area contributed by atoms with Crippen molar-refractivity contribution in [2.75, 3.05) is 31.5 Å². The molecule has 0 saturated carbocycles. The van der Waals surface area contributed by atoms with Crippen LogP contribution < -0.4 is 5.32 Å². The summed E-state index contributed by atoms with van der Waals surface area (Å²) >= 11 is 0. The fraction of sp³-hybridized carbons (Fsp3) is 0.500. The molecule has 2 aliphatic heterocycles. The number of nitrogens with zero attached hydrogens (tertiary/aromatic N) is 2. The zero-order chi connectivity index (χ0) is 25.4. The molecule has 190 valence electrons. The second-order valence-corrected chi connectivity index (χ2v) is 12.4. The third kappa shape index (κ3) is 5.42. The van der Waals surface area contributed by atoms with E-state index < -0.39 is 21.4 Å². The van der Waals surface area contributed by atoms with Gasteiger partial charge in [-0.3, -0.25) is 9.69 Å². The van der Waals surface area contributed by atoms with Gasteiger partial charge in [-0.1, -0.05) is 12.1 Å². The number of halogens is 2. The summed E-state index contributed by atoms with van der Waals surface area (Å²) in [5.41, 5.74) is 0.122. The van der Waals surface area contributed by atoms with E-state index in [4.69, 9.17) is 0 Å². The zero-order valence-corrected chi connectivity index (χ0v) is 21.3. The van der Waals surface area contributed by atoms with Crippen molar-refractivity contribution < 1.29 is 22.0 Å². The highest BCUT2D eigenvalue weighted by molar-refractivity contribution is 7.89. The molecule has 4 rings (SSSR count). The van der Waals surface area contributed by atoms with Gasteiger partial charge in [0.1, 0.15) is 11.6 Å². The highest BCUT2D eigenvalue weighted by atomic mass is 32.2. The van der Waals surface area contributed by atoms with Gasteiger partial charge in [-0.2, -0.15) is 4.31 Å². The number of hydrogen-bond donors (Lipinski definition) is 1. The van der Waals surface area contributed by atoms with Crippen LogP contribution in [0, 0.1) is 24.0 Å². The smallest absolute Gasteiger partial charge is 0.243 e. The summed E-state index contributed by atoms with van der Waals surface area (Å²) in [6.45, 7) is 7.39. The van der Waals surface area contributed by atoms with Crippen molar-refractivity contribution in [1.29, 1.82) is 0 Å². The van der Waals surface area contributed by atoms with Gasteiger partial charge in [-0.15, -0.1) is 0 Å². The van der Waals surface area contributed by atoms with Crippen molar-refractivity contribution in [3.8, 4) is 0 Å². The molecule has 9 heteroatoms. The Morgan fingerprint density at radius 2 is 1.71 bits per heavy atom. The molecule has 0 atom stereocenters. The molecule has 0 bridgehead atoms. The predicted octanol–water partition coefficient (Wildman–Crippen LogP) is 4.56. The van der Waals surface area contributed by atoms with Gasteiger partial charge in [0.25, 0.3) is 0 Å². The minimum Gasteiger partial charge on any atom is -0.325 e. The second kappa shape index (κ2) is 9.59. The Balaban J connectivity index is 1.42. The highest BCUT2D eigenvalue weighted by Gasteiger charge is 2.49. The van der Waals surface area contributed by atoms with Gasteiger partial charge in [-0.25, -0.2) is 17.2 Å². The van der Waals surface area contributed by atoms with Crippen LogP contribution in [0.5, 0.6) is 0 Å². The Bertz CT molecular complexity index is 1210. The topological polar surface area (TPSA) is 69.7 Å². The lowest BCUT2D eigenvalue weighted by Crippen LogP contribution is -2.59. The van der Waals surface area contributed by atoms with Crippen molar-refractivity contribution in [3.63, 3.8) is 0 Å². The number of rotatable bonds is 5. The Morgan fingerprint density at radius 3 is 2.40 bits per heavy atom. The maximum absolute atomic E-state index is 13.8. The number of nitrogens with one attached hydrogen (secondary N) is 1. The largest absolute Gasteiger partial charge is 0.325 e. The minimum absolute atomic E-state index is 0.0237. The lowest BCUT2D eigenvalue weighted by molar-refractivity contribution is -0.118. The van der Waals surface area contributed by atoms with E-state index in [0.717, 1.165) is 25.3 Å². The van der Waals surface area contributed by atoms with E-state index in [0.29, 0.717) is 37.3 Å². The molecule has 0 unspecified atom stereocenters. The Kier molecular flexibility index (Phi) is 7.05. The zero-order valence-electron chi connectivity index (χ0n) is 20.5. The quantitative estimate of drug-likeness (QED) is 0.647. The molecule has 2 heterocycles. The molecular formula is C26H33F2N3O3S. The summed E-state index contributed by atoms with van der Waals surface area (Å²) in [5, 5.41) is 2.79. The van der Waals surface area contributed by atoms with Gasteiger partial charge in [0, 0.05) is 23.3 Å². The first kappa shape index (κ1) is 25.7. The van der Waals surface area contributed by atoms with Crippen LogP contribution in [-0.2, 0) is 14.8 Å². The van der Waals surface area contributed by atoms with Crippen molar-refractivity contribution in [1.82, 2.24) is 9.21 Å². The number of hydrogen-bond acceptors (Lipinski definition) is 4. The summed E-state index contributed by atoms with van der Waals surface area (Å²) in [5.74, 6) is -1.13. The van der Waals surface area contributed by atoms with Gasteiger partial charge < -0.3 is 5.32 Å². The number of carbonyl (C=O) groups is 1. The van der Waals surface area contributed by atoms with Crippen LogP contribution in [0.15, 0.2) is 47.4 Å². The number of anilines is 1. The number of carbonyl (C=O) groups excluding carboxylic acids is 1. The van der Waals surface area contributed by atoms with E-state index in [-0.39, 0.29) is 28.6 Å². The predicted molar refractivity (Wildman–Crippen MR) is 131 cm³/mol. The third-order valence-corrected chi connectivity index (χ3v) is 9.68. The van der Waals surface area contributed by atoms with Crippen molar-refractivity contribution in [2.24, 2.45) is 5.41 Å². The van der Waals surface area contributed by atoms with Crippen LogP contribution in [0.2, 0.25) is 0 Å². The Morgan fingerprint density at radius 1 is 1.03 bits per heavy atom. The standard InChI is InChI=1S/C26H33F2N3O3S/c1-19-22(28)8-5-9-23(19)29-24(32)17-30-14-12-26(13-15-30)11-10-25(2,3)31(18-26)35(33,34)21-7-4-6-20(27)16-21/h4-9,16H,10-15,17-18H2,1-3H3,(H,29,32). The van der Waals surface area contributed by atoms with Gasteiger partial charge in [-0.05, 0) is 95.3 Å². The van der Waals surface area contributed by atoms with Crippen LogP contribution in [0.4, 0.5) is 14.5 Å². The van der Waals surface area contributed by atoms with E-state index in [1.54, 1.807) is 23.4 Å². The SMILES string of the molecule is Cc1c(F)cccc1NC(=O)CN1CCC2(CC1)CCC(C)(C)N(S(=O)(=O)c1cccc(F)c1)C2. The molecule has 1 spiro atoms. The van der Waals surface area contributed by atoms with E-state index in [2.05, 4.69) is 10.2 Å². The summed E-state index contributed by atoms with van der Waals surface area (Å²) in [4.78, 5) is 14.6. The molecule has 1 amide bonds. The lowest BCUT2D eigenvalue weighted by atomic mass is 9.69. The average Bonchev–Trinajstić information content (AvgIpc) is 2.80. The third-order valence-electron chi connectivity index (χ3n) is 7.63. The number of piperidine rings is 2. The monoisotopic (exact) mass is 505 g/mol. The molecule has 2 fully saturated rings. The molecule has 35 heavy (non-hydrogen) atoms. The molecule has 2 aromatic rings. The maximum Gasteiger partial charge on any atom is 0.243 e. The van der Waals surface area contributed by atoms with Crippen molar-refractivity contribution >= 4 is 21.6 Å². The normalized spacial score (nSPS) is 20.6. The van der Waals surface area contributed by atoms with Crippen LogP contribution >= 0.6 is 0 Å². The number of sulfonamides is 1. The highest BCUT2D eigenvalue weighted by Crippen LogP contribution is 2.46. The molecular weight excluding hydrogens is 472 g/mol. The molecule has 2 saturated heterocycles. The fourth-order valence-corrected chi connectivity index (χ4v) is 7.14. The van der Waals surface area contributed by atoms with Gasteiger partial charge in [0.15, 0.2) is 0 Å². The summed E-state index contributed by atoms with van der Waals surface area (Å²) in [6, 6.07) is 9.78. The summed E-state index contributed by atoms with van der Waals surface area (Å²) in [7, 11) is -3.86. The molecule has 2 aliphatic rings. The van der Waals surface area contributed by atoms with Crippen molar-refractivity contribution in [2.45, 2.75) is 56.9 Å². The molecule has 0 aromatic heterocycles. The van der Waals surface area contributed by atoms with E-state index >= 15 is 0 Å². The van der Waals surface area contributed by atoms with E-state index in [1.165, 1.54) is 24.3 Å². The van der Waals surface area contributed by atoms with Gasteiger partial charge in [0.2, 0.25) is 15.9 Å². The first-order valence-corrected chi connectivity index (χ1v) is 13.4. The van der Waals surface area contributed by atoms with Gasteiger partial charge >= 0.3 is 0 Å². The van der Waals surface area contributed by atoms with Crippen molar-refractivity contribution in [3.05, 3.63) is 59.7 Å². The minimum atomic E-state index is -3.86. The van der Waals surface area contributed by atoms with Crippen LogP contribution in [-0.4, -0.2) is 55.2 Å². The molecule has 0 aliphatic carbocycles. The molecule has 2 aromatic carbocycles. The first-order chi connectivity index (χ1) is 16.4. The molecule has 0 radical (unpaired) electrons. The Labute approximate surface area is 206 Å².